The third kappa shape index (κ3) is 3.73. The summed E-state index contributed by atoms with van der Waals surface area (Å²) in [5.74, 6) is -0.259. The Labute approximate surface area is 171 Å². The molecule has 150 valence electrons. The summed E-state index contributed by atoms with van der Waals surface area (Å²) in [7, 11) is 0. The number of fused-ring (bicyclic) bond motifs is 1. The average molecular weight is 411 g/mol. The largest absolute Gasteiger partial charge is 0.445 e. The van der Waals surface area contributed by atoms with E-state index in [9.17, 15) is 9.59 Å². The van der Waals surface area contributed by atoms with Crippen LogP contribution in [0.1, 0.15) is 26.5 Å². The second-order valence-corrected chi connectivity index (χ2v) is 8.05. The van der Waals surface area contributed by atoms with Crippen LogP contribution in [0, 0.1) is 13.8 Å². The number of carbonyl (C=O) groups excluding carboxylic acids is 2. The molecule has 0 aliphatic carbocycles. The molecule has 0 atom stereocenters. The Morgan fingerprint density at radius 3 is 2.69 bits per heavy atom. The molecule has 3 heterocycles. The minimum atomic E-state index is -0.387. The molecule has 0 bridgehead atoms. The second-order valence-electron chi connectivity index (χ2n) is 7.05. The van der Waals surface area contributed by atoms with Crippen LogP contribution in [0.25, 0.3) is 10.2 Å². The van der Waals surface area contributed by atoms with E-state index in [0.717, 1.165) is 22.2 Å². The van der Waals surface area contributed by atoms with Crippen molar-refractivity contribution in [3.63, 3.8) is 0 Å². The van der Waals surface area contributed by atoms with Gasteiger partial charge in [0.15, 0.2) is 0 Å². The van der Waals surface area contributed by atoms with Gasteiger partial charge in [0.25, 0.3) is 5.91 Å². The van der Waals surface area contributed by atoms with Gasteiger partial charge >= 0.3 is 6.09 Å². The number of rotatable bonds is 4. The first-order valence-corrected chi connectivity index (χ1v) is 10.0. The number of aromatic nitrogens is 2. The van der Waals surface area contributed by atoms with E-state index in [4.69, 9.17) is 10.5 Å². The fourth-order valence-electron chi connectivity index (χ4n) is 3.19. The molecule has 3 aromatic rings. The van der Waals surface area contributed by atoms with Crippen molar-refractivity contribution in [2.24, 2.45) is 0 Å². The predicted octanol–water partition coefficient (Wildman–Crippen LogP) is 2.64. The first-order valence-electron chi connectivity index (χ1n) is 9.22. The Hall–Kier alpha value is -3.20. The van der Waals surface area contributed by atoms with Crippen molar-refractivity contribution >= 4 is 39.2 Å². The molecule has 2 amide bonds. The van der Waals surface area contributed by atoms with Gasteiger partial charge in [-0.3, -0.25) is 4.79 Å². The van der Waals surface area contributed by atoms with Crippen LogP contribution in [-0.2, 0) is 11.3 Å². The number of amides is 2. The Morgan fingerprint density at radius 1 is 1.24 bits per heavy atom. The first kappa shape index (κ1) is 19.1. The molecule has 1 aliphatic rings. The van der Waals surface area contributed by atoms with E-state index in [1.165, 1.54) is 11.3 Å². The summed E-state index contributed by atoms with van der Waals surface area (Å²) in [5, 5.41) is 11.9. The van der Waals surface area contributed by atoms with Gasteiger partial charge in [0, 0.05) is 18.5 Å². The van der Waals surface area contributed by atoms with E-state index >= 15 is 0 Å². The number of nitrogens with two attached hydrogens (primary N) is 1. The quantitative estimate of drug-likeness (QED) is 0.683. The Balaban J connectivity index is 1.33. The van der Waals surface area contributed by atoms with Crippen molar-refractivity contribution < 1.29 is 14.3 Å². The highest BCUT2D eigenvalue weighted by Crippen LogP contribution is 2.34. The first-order chi connectivity index (χ1) is 13.9. The number of nitrogens with zero attached hydrogens (tertiary/aromatic N) is 3. The SMILES string of the molecule is Cc1nnc2sc(C(=O)NC3CN(C(=O)OCc4ccccc4)C3)c(N)c2c1C. The van der Waals surface area contributed by atoms with Gasteiger partial charge in [0.05, 0.1) is 17.4 Å². The lowest BCUT2D eigenvalue weighted by Gasteiger charge is -2.38. The minimum absolute atomic E-state index is 0.134. The number of aryl methyl sites for hydroxylation is 2. The number of nitrogen functional groups attached to an aromatic ring is 1. The lowest BCUT2D eigenvalue weighted by molar-refractivity contribution is 0.0562. The normalized spacial score (nSPS) is 13.9. The summed E-state index contributed by atoms with van der Waals surface area (Å²) in [5.41, 5.74) is 9.29. The van der Waals surface area contributed by atoms with Crippen molar-refractivity contribution in [2.75, 3.05) is 18.8 Å². The zero-order chi connectivity index (χ0) is 20.5. The molecule has 1 aromatic carbocycles. The fourth-order valence-corrected chi connectivity index (χ4v) is 4.19. The Bertz CT molecular complexity index is 1080. The van der Waals surface area contributed by atoms with Crippen LogP contribution in [-0.4, -0.2) is 46.2 Å². The van der Waals surface area contributed by atoms with Crippen molar-refractivity contribution in [2.45, 2.75) is 26.5 Å². The van der Waals surface area contributed by atoms with Crippen molar-refractivity contribution in [3.05, 3.63) is 52.0 Å². The fraction of sp³-hybridized carbons (Fsp3) is 0.300. The van der Waals surface area contributed by atoms with Gasteiger partial charge in [-0.25, -0.2) is 4.79 Å². The molecule has 0 radical (unpaired) electrons. The molecular weight excluding hydrogens is 390 g/mol. The smallest absolute Gasteiger partial charge is 0.410 e. The number of hydrogen-bond donors (Lipinski definition) is 2. The Morgan fingerprint density at radius 2 is 1.97 bits per heavy atom. The molecule has 3 N–H and O–H groups in total. The van der Waals surface area contributed by atoms with Crippen LogP contribution in [0.5, 0.6) is 0 Å². The molecule has 0 spiro atoms. The molecule has 2 aromatic heterocycles. The van der Waals surface area contributed by atoms with Gasteiger partial charge < -0.3 is 20.7 Å². The average Bonchev–Trinajstić information content (AvgIpc) is 3.03. The van der Waals surface area contributed by atoms with Gasteiger partial charge in [0.2, 0.25) is 0 Å². The van der Waals surface area contributed by atoms with Crippen LogP contribution >= 0.6 is 11.3 Å². The maximum atomic E-state index is 12.7. The van der Waals surface area contributed by atoms with Crippen LogP contribution in [0.4, 0.5) is 10.5 Å². The zero-order valence-electron chi connectivity index (χ0n) is 16.1. The Kier molecular flexibility index (Phi) is 5.06. The van der Waals surface area contributed by atoms with E-state index < -0.39 is 0 Å². The van der Waals surface area contributed by atoms with Gasteiger partial charge in [-0.1, -0.05) is 30.3 Å². The molecule has 0 unspecified atom stereocenters. The number of benzene rings is 1. The maximum Gasteiger partial charge on any atom is 0.410 e. The molecule has 9 heteroatoms. The van der Waals surface area contributed by atoms with Crippen molar-refractivity contribution in [1.82, 2.24) is 20.4 Å². The minimum Gasteiger partial charge on any atom is -0.445 e. The van der Waals surface area contributed by atoms with E-state index in [1.54, 1.807) is 4.90 Å². The summed E-state index contributed by atoms with van der Waals surface area (Å²) in [6.07, 6.45) is -0.387. The summed E-state index contributed by atoms with van der Waals surface area (Å²) in [6, 6.07) is 9.36. The number of thiophene rings is 1. The highest BCUT2D eigenvalue weighted by atomic mass is 32.1. The number of ether oxygens (including phenoxy) is 1. The second kappa shape index (κ2) is 7.67. The lowest BCUT2D eigenvalue weighted by atomic mass is 10.1. The van der Waals surface area contributed by atoms with E-state index in [1.807, 2.05) is 44.2 Å². The number of carbonyl (C=O) groups is 2. The summed E-state index contributed by atoms with van der Waals surface area (Å²) < 4.78 is 5.29. The van der Waals surface area contributed by atoms with Crippen LogP contribution in [0.2, 0.25) is 0 Å². The third-order valence-electron chi connectivity index (χ3n) is 5.02. The summed E-state index contributed by atoms with van der Waals surface area (Å²) >= 11 is 1.23. The van der Waals surface area contributed by atoms with Crippen molar-refractivity contribution in [1.29, 1.82) is 0 Å². The third-order valence-corrected chi connectivity index (χ3v) is 6.11. The molecule has 1 fully saturated rings. The highest BCUT2D eigenvalue weighted by Gasteiger charge is 2.33. The maximum absolute atomic E-state index is 12.7. The van der Waals surface area contributed by atoms with Gasteiger partial charge in [0.1, 0.15) is 16.3 Å². The lowest BCUT2D eigenvalue weighted by Crippen LogP contribution is -2.61. The zero-order valence-corrected chi connectivity index (χ0v) is 17.0. The number of hydrogen-bond acceptors (Lipinski definition) is 7. The standard InChI is InChI=1S/C20H21N5O3S/c1-11-12(2)23-24-19-15(11)16(21)17(29-19)18(26)22-14-8-25(9-14)20(27)28-10-13-6-4-3-5-7-13/h3-7,14H,8-10,21H2,1-2H3,(H,22,26). The highest BCUT2D eigenvalue weighted by molar-refractivity contribution is 7.21. The molecule has 4 rings (SSSR count). The topological polar surface area (TPSA) is 110 Å². The molecule has 0 saturated carbocycles. The monoisotopic (exact) mass is 411 g/mol. The summed E-state index contributed by atoms with van der Waals surface area (Å²) in [6.45, 7) is 4.82. The van der Waals surface area contributed by atoms with Crippen LogP contribution < -0.4 is 11.1 Å². The van der Waals surface area contributed by atoms with Crippen LogP contribution in [0.3, 0.4) is 0 Å². The molecular formula is C20H21N5O3S. The van der Waals surface area contributed by atoms with E-state index in [-0.39, 0.29) is 24.6 Å². The molecule has 1 aliphatic heterocycles. The number of likely N-dealkylation sites (tertiary alicyclic amines) is 1. The van der Waals surface area contributed by atoms with Gasteiger partial charge in [-0.15, -0.1) is 16.4 Å². The molecule has 1 saturated heterocycles. The predicted molar refractivity (Wildman–Crippen MR) is 111 cm³/mol. The molecule has 29 heavy (non-hydrogen) atoms. The van der Waals surface area contributed by atoms with Crippen LogP contribution in [0.15, 0.2) is 30.3 Å². The van der Waals surface area contributed by atoms with Gasteiger partial charge in [-0.2, -0.15) is 5.10 Å². The molecule has 8 nitrogen and oxygen atoms in total. The number of nitrogens with one attached hydrogen (secondary N) is 1. The van der Waals surface area contributed by atoms with Crippen molar-refractivity contribution in [3.8, 4) is 0 Å². The number of anilines is 1. The van der Waals surface area contributed by atoms with Gasteiger partial charge in [-0.05, 0) is 25.0 Å². The van der Waals surface area contributed by atoms with E-state index in [0.29, 0.717) is 28.5 Å². The van der Waals surface area contributed by atoms with E-state index in [2.05, 4.69) is 15.5 Å². The summed E-state index contributed by atoms with van der Waals surface area (Å²) in [4.78, 5) is 27.4.